The van der Waals surface area contributed by atoms with Crippen molar-refractivity contribution in [2.45, 2.75) is 115 Å². The summed E-state index contributed by atoms with van der Waals surface area (Å²) in [6.07, 6.45) is -4.99. The van der Waals surface area contributed by atoms with Gasteiger partial charge in [0, 0.05) is 51.4 Å². The maximum Gasteiger partial charge on any atom is 0.419 e. The smallest absolute Gasteiger partial charge is 0.419 e. The average Bonchev–Trinajstić information content (AvgIpc) is 3.25. The van der Waals surface area contributed by atoms with Crippen molar-refractivity contribution in [1.82, 2.24) is 5.32 Å². The van der Waals surface area contributed by atoms with E-state index in [1.807, 2.05) is 36.4 Å². The summed E-state index contributed by atoms with van der Waals surface area (Å²) >= 11 is 0. The van der Waals surface area contributed by atoms with Gasteiger partial charge in [-0.15, -0.1) is 0 Å². The van der Waals surface area contributed by atoms with Gasteiger partial charge in [0.2, 0.25) is 12.4 Å². The molecule has 19 nitrogen and oxygen atoms in total. The normalized spacial score (nSPS) is 24.8. The van der Waals surface area contributed by atoms with E-state index < -0.39 is 82.8 Å². The quantitative estimate of drug-likeness (QED) is 0.0951. The molecule has 1 saturated carbocycles. The Kier molecular flexibility index (Phi) is 14.7. The second-order valence-electron chi connectivity index (χ2n) is 16.1. The number of amides is 2. The van der Waals surface area contributed by atoms with Crippen LogP contribution < -0.4 is 19.7 Å². The number of anilines is 1. The lowest BCUT2D eigenvalue weighted by Crippen LogP contribution is -2.64. The van der Waals surface area contributed by atoms with Crippen molar-refractivity contribution in [2.75, 3.05) is 19.1 Å². The highest BCUT2D eigenvalue weighted by atomic mass is 16.7. The van der Waals surface area contributed by atoms with E-state index in [-0.39, 0.29) is 35.8 Å². The Hall–Kier alpha value is -6.76. The van der Waals surface area contributed by atoms with Crippen LogP contribution in [0.15, 0.2) is 66.7 Å². The van der Waals surface area contributed by atoms with E-state index in [4.69, 9.17) is 37.9 Å². The molecule has 2 amide bonds. The Balaban J connectivity index is 1.29. The zero-order valence-electron chi connectivity index (χ0n) is 36.3. The number of hydrogen-bond acceptors (Lipinski definition) is 16. The largest absolute Gasteiger partial charge is 0.467 e. The maximum absolute atomic E-state index is 14.0. The van der Waals surface area contributed by atoms with E-state index >= 15 is 0 Å². The van der Waals surface area contributed by atoms with Crippen LogP contribution in [0.1, 0.15) is 76.5 Å². The third-order valence-corrected chi connectivity index (χ3v) is 11.7. The maximum atomic E-state index is 14.0. The molecule has 1 heterocycles. The van der Waals surface area contributed by atoms with Crippen molar-refractivity contribution in [3.05, 3.63) is 93.5 Å². The number of ether oxygens (including phenoxy) is 8. The number of nitro groups is 1. The highest BCUT2D eigenvalue weighted by Gasteiger charge is 2.56. The Morgan fingerprint density at radius 2 is 1.56 bits per heavy atom. The van der Waals surface area contributed by atoms with Crippen LogP contribution in [-0.2, 0) is 66.0 Å². The molecular weight excluding hydrogens is 839 g/mol. The molecule has 64 heavy (non-hydrogen) atoms. The zero-order valence-corrected chi connectivity index (χ0v) is 36.3. The first kappa shape index (κ1) is 46.7. The van der Waals surface area contributed by atoms with E-state index in [0.29, 0.717) is 6.42 Å². The van der Waals surface area contributed by atoms with E-state index in [2.05, 4.69) is 12.2 Å². The number of methoxy groups -OCH3 is 1. The van der Waals surface area contributed by atoms with Gasteiger partial charge in [0.25, 0.3) is 5.69 Å². The summed E-state index contributed by atoms with van der Waals surface area (Å²) in [5.74, 6) is -3.81. The summed E-state index contributed by atoms with van der Waals surface area (Å²) in [6, 6.07) is 17.6. The van der Waals surface area contributed by atoms with E-state index in [0.717, 1.165) is 99.8 Å². The fraction of sp³-hybridized carbons (Fsp3) is 0.467. The van der Waals surface area contributed by atoms with Crippen LogP contribution in [0.3, 0.4) is 0 Å². The van der Waals surface area contributed by atoms with Gasteiger partial charge >= 0.3 is 36.1 Å². The molecule has 3 aliphatic rings. The molecule has 8 atom stereocenters. The molecule has 3 aromatic carbocycles. The number of nitrogens with one attached hydrogen (secondary N) is 1. The van der Waals surface area contributed by atoms with Crippen molar-refractivity contribution >= 4 is 47.4 Å². The predicted molar refractivity (Wildman–Crippen MR) is 223 cm³/mol. The predicted octanol–water partition coefficient (Wildman–Crippen LogP) is 5.99. The SMILES string of the molecule is COC(=O)[C@H]1O[C@@H](Oc2ccc([N+](=O)[O-])cc2N(C)C(=O)Oc2ccc3c(c2)[C@@]2(C)CCCCC[C@@H](C3)[C@@H]2NC(=O)OCc2ccccc2)[C@H](OC(C)=O)[C@@H](OC(C)=O)[C@@H]1OC(C)=O. The van der Waals surface area contributed by atoms with Crippen LogP contribution >= 0.6 is 0 Å². The fourth-order valence-corrected chi connectivity index (χ4v) is 8.77. The van der Waals surface area contributed by atoms with Crippen LogP contribution in [-0.4, -0.2) is 91.9 Å². The topological polar surface area (TPSA) is 235 Å². The minimum Gasteiger partial charge on any atom is -0.467 e. The highest BCUT2D eigenvalue weighted by molar-refractivity contribution is 5.91. The molecule has 2 bridgehead atoms. The Labute approximate surface area is 368 Å². The van der Waals surface area contributed by atoms with Crippen LogP contribution in [0.25, 0.3) is 0 Å². The number of carbonyl (C=O) groups is 6. The second kappa shape index (κ2) is 20.2. The van der Waals surface area contributed by atoms with Crippen LogP contribution in [0.2, 0.25) is 0 Å². The van der Waals surface area contributed by atoms with Gasteiger partial charge in [0.05, 0.1) is 17.7 Å². The van der Waals surface area contributed by atoms with Crippen molar-refractivity contribution in [1.29, 1.82) is 0 Å². The number of non-ortho nitro benzene ring substituents is 1. The molecule has 1 saturated heterocycles. The molecule has 0 radical (unpaired) electrons. The monoisotopic (exact) mass is 889 g/mol. The number of nitrogens with zero attached hydrogens (tertiary/aromatic N) is 2. The molecular formula is C45H51N3O16. The van der Waals surface area contributed by atoms with E-state index in [1.54, 1.807) is 12.1 Å². The van der Waals surface area contributed by atoms with Crippen molar-refractivity contribution in [2.24, 2.45) is 5.92 Å². The first-order valence-corrected chi connectivity index (χ1v) is 20.7. The number of carbonyl (C=O) groups excluding carboxylic acids is 6. The molecule has 0 aromatic heterocycles. The molecule has 342 valence electrons. The fourth-order valence-electron chi connectivity index (χ4n) is 8.77. The van der Waals surface area contributed by atoms with Gasteiger partial charge in [-0.1, -0.05) is 62.6 Å². The molecule has 2 aliphatic carbocycles. The summed E-state index contributed by atoms with van der Waals surface area (Å²) in [5.41, 5.74) is 1.55. The Morgan fingerprint density at radius 1 is 0.875 bits per heavy atom. The first-order valence-electron chi connectivity index (χ1n) is 20.7. The minimum absolute atomic E-state index is 0.113. The van der Waals surface area contributed by atoms with Crippen molar-refractivity contribution < 1.29 is 71.6 Å². The third-order valence-electron chi connectivity index (χ3n) is 11.7. The number of hydrogen-bond donors (Lipinski definition) is 1. The van der Waals surface area contributed by atoms with E-state index in [1.165, 1.54) is 7.05 Å². The summed E-state index contributed by atoms with van der Waals surface area (Å²) in [4.78, 5) is 89.4. The molecule has 1 aliphatic heterocycles. The van der Waals surface area contributed by atoms with Gasteiger partial charge in [-0.25, -0.2) is 14.4 Å². The van der Waals surface area contributed by atoms with Gasteiger partial charge in [-0.2, -0.15) is 0 Å². The first-order chi connectivity index (χ1) is 30.5. The van der Waals surface area contributed by atoms with Crippen molar-refractivity contribution in [3.8, 4) is 11.5 Å². The zero-order chi connectivity index (χ0) is 46.3. The lowest BCUT2D eigenvalue weighted by Gasteiger charge is -2.49. The standard InChI is InChI=1S/C45H51N3O16/c1-25(49)59-36-37(60-26(2)50)39(61-27(3)51)42(64-38(36)41(52)57-6)63-35-19-17-31(48(55)56)22-34(35)47(5)44(54)62-32-18-16-29-21-30-15-11-8-12-20-45(4,33(29)23-32)40(30)46-43(53)58-24-28-13-9-7-10-14-28/h7,9-10,13-14,16-19,22-23,30,36-40,42H,8,11-12,15,20-21,24H2,1-6H3,(H,46,53)/t30-,36-,37-,38-,39+,40-,42+,45+/m0/s1. The van der Waals surface area contributed by atoms with Gasteiger partial charge in [0.15, 0.2) is 18.3 Å². The number of nitro benzene ring substituents is 1. The minimum atomic E-state index is -1.83. The van der Waals surface area contributed by atoms with Crippen LogP contribution in [0.5, 0.6) is 11.5 Å². The molecule has 0 unspecified atom stereocenters. The number of alkyl carbamates (subject to hydrolysis) is 1. The molecule has 6 rings (SSSR count). The van der Waals surface area contributed by atoms with Gasteiger partial charge < -0.3 is 43.2 Å². The third kappa shape index (κ3) is 10.7. The van der Waals surface area contributed by atoms with E-state index in [9.17, 15) is 38.9 Å². The highest BCUT2D eigenvalue weighted by Crippen LogP contribution is 2.48. The molecule has 2 fully saturated rings. The summed E-state index contributed by atoms with van der Waals surface area (Å²) in [6.45, 7) is 5.30. The summed E-state index contributed by atoms with van der Waals surface area (Å²) in [7, 11) is 2.30. The lowest BCUT2D eigenvalue weighted by molar-refractivity contribution is -0.384. The van der Waals surface area contributed by atoms with Gasteiger partial charge in [-0.3, -0.25) is 29.4 Å². The lowest BCUT2D eigenvalue weighted by atomic mass is 9.59. The number of rotatable bonds is 12. The molecule has 3 aromatic rings. The Morgan fingerprint density at radius 3 is 2.23 bits per heavy atom. The van der Waals surface area contributed by atoms with Crippen molar-refractivity contribution in [3.63, 3.8) is 0 Å². The summed E-state index contributed by atoms with van der Waals surface area (Å²) < 4.78 is 44.6. The molecule has 1 N–H and O–H groups in total. The summed E-state index contributed by atoms with van der Waals surface area (Å²) in [5, 5.41) is 15.2. The molecule has 19 heteroatoms. The Bertz CT molecular complexity index is 2250. The molecule has 0 spiro atoms. The number of fused-ring (bicyclic) bond motifs is 4. The van der Waals surface area contributed by atoms with Crippen LogP contribution in [0.4, 0.5) is 21.0 Å². The number of esters is 4. The number of benzene rings is 3. The van der Waals surface area contributed by atoms with Gasteiger partial charge in [-0.05, 0) is 60.1 Å². The van der Waals surface area contributed by atoms with Crippen LogP contribution in [0, 0.1) is 16.0 Å². The van der Waals surface area contributed by atoms with Gasteiger partial charge in [0.1, 0.15) is 18.1 Å². The average molecular weight is 890 g/mol. The second-order valence-corrected chi connectivity index (χ2v) is 16.1.